The average molecular weight is 304 g/mol. The quantitative estimate of drug-likeness (QED) is 0.473. The van der Waals surface area contributed by atoms with Crippen LogP contribution in [0.1, 0.15) is 59.8 Å². The molecule has 0 unspecified atom stereocenters. The zero-order valence-corrected chi connectivity index (χ0v) is 15.0. The van der Waals surface area contributed by atoms with Crippen LogP contribution in [0.15, 0.2) is 0 Å². The summed E-state index contributed by atoms with van der Waals surface area (Å²) in [6.45, 7) is 16.1. The summed E-state index contributed by atoms with van der Waals surface area (Å²) in [7, 11) is 0. The molecule has 5 heteroatoms. The van der Waals surface area contributed by atoms with Crippen molar-refractivity contribution in [3.63, 3.8) is 0 Å². The maximum absolute atomic E-state index is 3.28. The van der Waals surface area contributed by atoms with Gasteiger partial charge < -0.3 is 16.0 Å². The number of hydrazine groups is 1. The zero-order valence-electron chi connectivity index (χ0n) is 15.0. The Bertz CT molecular complexity index is 101. The van der Waals surface area contributed by atoms with Crippen LogP contribution in [0.5, 0.6) is 0 Å². The van der Waals surface area contributed by atoms with Crippen molar-refractivity contribution in [3.05, 3.63) is 0 Å². The highest BCUT2D eigenvalue weighted by Crippen LogP contribution is 1.96. The van der Waals surface area contributed by atoms with Gasteiger partial charge in [-0.25, -0.2) is 0 Å². The first-order valence-electron chi connectivity index (χ1n) is 9.08. The minimum atomic E-state index is 1.00. The average Bonchev–Trinajstić information content (AvgIpc) is 3.22. The first-order valence-corrected chi connectivity index (χ1v) is 9.08. The van der Waals surface area contributed by atoms with Crippen LogP contribution in [-0.4, -0.2) is 45.9 Å². The Morgan fingerprint density at radius 1 is 0.429 bits per heavy atom. The number of hydrogen-bond donors (Lipinski definition) is 5. The second kappa shape index (κ2) is 24.8. The third kappa shape index (κ3) is 22.2. The van der Waals surface area contributed by atoms with Gasteiger partial charge in [0.2, 0.25) is 0 Å². The molecule has 21 heavy (non-hydrogen) atoms. The minimum Gasteiger partial charge on any atom is -0.317 e. The van der Waals surface area contributed by atoms with E-state index in [1.165, 1.54) is 45.2 Å². The van der Waals surface area contributed by atoms with Crippen LogP contribution in [0.4, 0.5) is 0 Å². The van der Waals surface area contributed by atoms with Crippen molar-refractivity contribution in [1.29, 1.82) is 0 Å². The number of rotatable bonds is 0. The van der Waals surface area contributed by atoms with Gasteiger partial charge >= 0.3 is 0 Å². The first kappa shape index (κ1) is 23.1. The summed E-state index contributed by atoms with van der Waals surface area (Å²) >= 11 is 0. The number of piperidine rings is 1. The van der Waals surface area contributed by atoms with Crippen LogP contribution >= 0.6 is 0 Å². The Morgan fingerprint density at radius 3 is 1.00 bits per heavy atom. The normalized spacial score (nSPS) is 20.0. The van der Waals surface area contributed by atoms with Crippen molar-refractivity contribution in [2.45, 2.75) is 59.8 Å². The van der Waals surface area contributed by atoms with Gasteiger partial charge in [0.25, 0.3) is 0 Å². The SMILES string of the molecule is C1CCNCC1.C1CCNNC1.C1CNCN1.CC.CC. The van der Waals surface area contributed by atoms with E-state index in [1.54, 1.807) is 0 Å². The fraction of sp³-hybridized carbons (Fsp3) is 1.00. The predicted molar refractivity (Wildman–Crippen MR) is 95.5 cm³/mol. The summed E-state index contributed by atoms with van der Waals surface area (Å²) < 4.78 is 0. The van der Waals surface area contributed by atoms with E-state index in [9.17, 15) is 0 Å². The number of nitrogens with one attached hydrogen (secondary N) is 5. The molecule has 0 atom stereocenters. The molecule has 3 rings (SSSR count). The van der Waals surface area contributed by atoms with E-state index < -0.39 is 0 Å². The second-order valence-electron chi connectivity index (χ2n) is 4.55. The molecule has 3 saturated heterocycles. The highest BCUT2D eigenvalue weighted by atomic mass is 15.4. The van der Waals surface area contributed by atoms with E-state index in [0.29, 0.717) is 0 Å². The predicted octanol–water partition coefficient (Wildman–Crippen LogP) is 1.82. The lowest BCUT2D eigenvalue weighted by atomic mass is 10.2. The molecule has 3 aliphatic heterocycles. The summed E-state index contributed by atoms with van der Waals surface area (Å²) in [5.74, 6) is 0. The third-order valence-corrected chi connectivity index (χ3v) is 2.91. The van der Waals surface area contributed by atoms with Crippen molar-refractivity contribution >= 4 is 0 Å². The largest absolute Gasteiger partial charge is 0.317 e. The molecule has 0 amide bonds. The molecule has 3 heterocycles. The van der Waals surface area contributed by atoms with E-state index in [1.807, 2.05) is 27.7 Å². The molecule has 0 aliphatic carbocycles. The molecule has 0 radical (unpaired) electrons. The van der Waals surface area contributed by atoms with Crippen LogP contribution in [0.2, 0.25) is 0 Å². The van der Waals surface area contributed by atoms with E-state index >= 15 is 0 Å². The lowest BCUT2D eigenvalue weighted by Gasteiger charge is -2.10. The van der Waals surface area contributed by atoms with Gasteiger partial charge in [0, 0.05) is 32.8 Å². The van der Waals surface area contributed by atoms with E-state index in [0.717, 1.165) is 32.8 Å². The molecule has 3 fully saturated rings. The van der Waals surface area contributed by atoms with Crippen molar-refractivity contribution in [1.82, 2.24) is 26.8 Å². The monoisotopic (exact) mass is 303 g/mol. The summed E-state index contributed by atoms with van der Waals surface area (Å²) in [5, 5.41) is 9.51. The van der Waals surface area contributed by atoms with E-state index in [4.69, 9.17) is 0 Å². The van der Waals surface area contributed by atoms with E-state index in [2.05, 4.69) is 26.8 Å². The lowest BCUT2D eigenvalue weighted by Crippen LogP contribution is -2.37. The van der Waals surface area contributed by atoms with Gasteiger partial charge in [-0.2, -0.15) is 0 Å². The van der Waals surface area contributed by atoms with E-state index in [-0.39, 0.29) is 0 Å². The van der Waals surface area contributed by atoms with Gasteiger partial charge in [0.05, 0.1) is 0 Å². The van der Waals surface area contributed by atoms with Crippen LogP contribution in [0.25, 0.3) is 0 Å². The summed E-state index contributed by atoms with van der Waals surface area (Å²) in [6.07, 6.45) is 6.87. The highest BCUT2D eigenvalue weighted by Gasteiger charge is 1.94. The van der Waals surface area contributed by atoms with Gasteiger partial charge in [-0.05, 0) is 38.8 Å². The molecule has 130 valence electrons. The van der Waals surface area contributed by atoms with Crippen molar-refractivity contribution in [2.24, 2.45) is 0 Å². The Labute approximate surface area is 133 Å². The first-order chi connectivity index (χ1) is 10.5. The fourth-order valence-electron chi connectivity index (χ4n) is 1.85. The molecule has 5 N–H and O–H groups in total. The Hall–Kier alpha value is -0.200. The lowest BCUT2D eigenvalue weighted by molar-refractivity contribution is 0.443. The van der Waals surface area contributed by atoms with Gasteiger partial charge in [0.15, 0.2) is 0 Å². The van der Waals surface area contributed by atoms with Crippen LogP contribution in [-0.2, 0) is 0 Å². The molecule has 0 spiro atoms. The molecule has 5 nitrogen and oxygen atoms in total. The van der Waals surface area contributed by atoms with Gasteiger partial charge in [-0.15, -0.1) is 0 Å². The van der Waals surface area contributed by atoms with Gasteiger partial charge in [-0.1, -0.05) is 34.1 Å². The molecule has 0 aromatic rings. The summed E-state index contributed by atoms with van der Waals surface area (Å²) in [6, 6.07) is 0. The van der Waals surface area contributed by atoms with Crippen LogP contribution < -0.4 is 26.8 Å². The zero-order chi connectivity index (χ0) is 16.0. The molecule has 0 saturated carbocycles. The third-order valence-electron chi connectivity index (χ3n) is 2.91. The van der Waals surface area contributed by atoms with Gasteiger partial charge in [-0.3, -0.25) is 10.9 Å². The van der Waals surface area contributed by atoms with Crippen molar-refractivity contribution < 1.29 is 0 Å². The topological polar surface area (TPSA) is 60.1 Å². The van der Waals surface area contributed by atoms with Crippen molar-refractivity contribution in [2.75, 3.05) is 45.9 Å². The van der Waals surface area contributed by atoms with Crippen LogP contribution in [0.3, 0.4) is 0 Å². The molecular weight excluding hydrogens is 262 g/mol. The summed E-state index contributed by atoms with van der Waals surface area (Å²) in [4.78, 5) is 0. The van der Waals surface area contributed by atoms with Crippen molar-refractivity contribution in [3.8, 4) is 0 Å². The fourth-order valence-corrected chi connectivity index (χ4v) is 1.85. The Kier molecular flexibility index (Phi) is 27.2. The summed E-state index contributed by atoms with van der Waals surface area (Å²) in [5.41, 5.74) is 6.07. The Morgan fingerprint density at radius 2 is 0.857 bits per heavy atom. The molecule has 0 aromatic carbocycles. The standard InChI is InChI=1S/C5H11N.C4H10N2.C3H8N2.2C2H6/c2*1-2-4-6-5-3-1;1-2-5-3-4-1;2*1-2/h6H,1-5H2;5-6H,1-4H2;4-5H,1-3H2;2*1-2H3. The maximum Gasteiger partial charge on any atom is 0.0455 e. The Balaban J connectivity index is 0. The van der Waals surface area contributed by atoms with Gasteiger partial charge in [0.1, 0.15) is 0 Å². The highest BCUT2D eigenvalue weighted by molar-refractivity contribution is 4.55. The number of hydrogen-bond acceptors (Lipinski definition) is 5. The molecule has 0 bridgehead atoms. The van der Waals surface area contributed by atoms with Crippen LogP contribution in [0, 0.1) is 0 Å². The minimum absolute atomic E-state index is 1.00. The smallest absolute Gasteiger partial charge is 0.0455 e. The molecular formula is C16H41N5. The second-order valence-corrected chi connectivity index (χ2v) is 4.55. The maximum atomic E-state index is 3.28. The molecule has 0 aromatic heterocycles. The molecule has 3 aliphatic rings.